The van der Waals surface area contributed by atoms with Crippen LogP contribution < -0.4 is 50.1 Å². The molecular weight excluding hydrogens is 1510 g/mol. The largest absolute Gasteiger partial charge is 0.509 e. The number of likely N-dealkylation sites (tertiary alicyclic amines) is 2. The van der Waals surface area contributed by atoms with E-state index >= 15 is 0 Å². The maximum absolute atomic E-state index is 14.4. The van der Waals surface area contributed by atoms with E-state index in [0.717, 1.165) is 29.0 Å². The van der Waals surface area contributed by atoms with Crippen molar-refractivity contribution in [2.45, 2.75) is 234 Å². The van der Waals surface area contributed by atoms with Crippen LogP contribution in [0.25, 0.3) is 21.5 Å². The Kier molecular flexibility index (Phi) is 30.4. The van der Waals surface area contributed by atoms with Gasteiger partial charge < -0.3 is 74.1 Å². The molecule has 7 amide bonds. The summed E-state index contributed by atoms with van der Waals surface area (Å²) < 4.78 is 104. The summed E-state index contributed by atoms with van der Waals surface area (Å²) in [7, 11) is -1.80. The number of hydrogen-bond acceptors (Lipinski definition) is 24. The molecule has 6 aliphatic rings. The van der Waals surface area contributed by atoms with Gasteiger partial charge >= 0.3 is 12.2 Å². The molecule has 4 saturated carbocycles. The summed E-state index contributed by atoms with van der Waals surface area (Å²) >= 11 is 0. The number of nitrogens with one attached hydrogen (secondary N) is 5. The third-order valence-corrected chi connectivity index (χ3v) is 24.4. The monoisotopic (exact) mass is 1620 g/mol. The Morgan fingerprint density at radius 3 is 1.32 bits per heavy atom. The third-order valence-electron chi connectivity index (χ3n) is 20.8. The zero-order chi connectivity index (χ0) is 79.8. The van der Waals surface area contributed by atoms with Crippen molar-refractivity contribution in [2.75, 3.05) is 41.5 Å². The Hall–Kier alpha value is -8.34. The molecular formula is C75H108Cl2N10O21S2. The van der Waals surface area contributed by atoms with Gasteiger partial charge in [-0.05, 0) is 172 Å². The zero-order valence-corrected chi connectivity index (χ0v) is 68.3. The number of carbonyl (C=O) groups excluding carboxylic acids is 8. The molecule has 7 N–H and O–H groups in total. The molecule has 35 heteroatoms. The van der Waals surface area contributed by atoms with Crippen molar-refractivity contribution in [1.29, 1.82) is 0 Å². The van der Waals surface area contributed by atoms with Crippen molar-refractivity contribution < 1.29 is 97.8 Å². The summed E-state index contributed by atoms with van der Waals surface area (Å²) in [5.74, 6) is -3.30. The molecule has 0 radical (unpaired) electrons. The highest BCUT2D eigenvalue weighted by Crippen LogP contribution is 2.47. The number of halogens is 2. The van der Waals surface area contributed by atoms with Crippen LogP contribution in [0.4, 0.5) is 9.59 Å². The quantitative estimate of drug-likeness (QED) is 0.0209. The SMILES string of the molecule is C=C[C@@H]1C[C@]1(NC(=O)[C@@H]1C[C@@H](Oc2nccc3cc(OC)ccc23)CN1C(=O)[C@@H](N)[C@H](C)OC)C(=O)NS(=O)(=O)C1CC1.C=C[C@@H]1C[C@]1(NC(=O)[C@@H]1C[C@@H](Oc2nccc3cc(OC)ccc23)CN1C(=O)[C@@H](NC(=O)OC(C)(C)CC)[C@H](C)OC)C(=O)NS(=O)(=O)C1CC1.CCC(C)(C)OC(=O)OC(C)(C)CC.Cl.Cl. The first-order valence-electron chi connectivity index (χ1n) is 36.3. The fraction of sp³-hybridized carbons (Fsp3) is 0.600. The number of pyridine rings is 2. The van der Waals surface area contributed by atoms with Gasteiger partial charge in [0.05, 0.1) is 50.0 Å². The van der Waals surface area contributed by atoms with Crippen LogP contribution in [-0.2, 0) is 72.5 Å². The minimum Gasteiger partial charge on any atom is -0.497 e. The molecule has 4 heterocycles. The highest BCUT2D eigenvalue weighted by Gasteiger charge is 2.64. The number of nitrogens with two attached hydrogens (primary N) is 1. The Balaban J connectivity index is 0.000000291. The molecule has 31 nitrogen and oxygen atoms in total. The van der Waals surface area contributed by atoms with Gasteiger partial charge in [-0.15, -0.1) is 38.0 Å². The van der Waals surface area contributed by atoms with Crippen LogP contribution in [0.2, 0.25) is 0 Å². The third kappa shape index (κ3) is 22.1. The van der Waals surface area contributed by atoms with Gasteiger partial charge in [-0.3, -0.25) is 38.2 Å². The van der Waals surface area contributed by atoms with Crippen LogP contribution in [0, 0.1) is 11.8 Å². The number of sulfonamides is 2. The topological polar surface area (TPSA) is 406 Å². The Labute approximate surface area is 655 Å². The molecule has 0 bridgehead atoms. The minimum atomic E-state index is -3.91. The molecule has 2 aromatic heterocycles. The maximum Gasteiger partial charge on any atom is 0.509 e. The van der Waals surface area contributed by atoms with Crippen molar-refractivity contribution in [3.63, 3.8) is 0 Å². The van der Waals surface area contributed by atoms with Gasteiger partial charge in [0.2, 0.25) is 55.4 Å². The number of hydrogen-bond donors (Lipinski definition) is 6. The summed E-state index contributed by atoms with van der Waals surface area (Å²) in [4.78, 5) is 118. The first kappa shape index (κ1) is 90.5. The number of aromatic nitrogens is 2. The lowest BCUT2D eigenvalue weighted by Crippen LogP contribution is -2.60. The first-order chi connectivity index (χ1) is 50.7. The lowest BCUT2D eigenvalue weighted by Gasteiger charge is -2.32. The van der Waals surface area contributed by atoms with E-state index in [4.69, 9.17) is 48.4 Å². The van der Waals surface area contributed by atoms with E-state index in [9.17, 15) is 55.2 Å². The number of nitrogens with zero attached hydrogens (tertiary/aromatic N) is 4. The predicted octanol–water partition coefficient (Wildman–Crippen LogP) is 7.56. The summed E-state index contributed by atoms with van der Waals surface area (Å²) in [6, 6.07) is 9.85. The van der Waals surface area contributed by atoms with Crippen molar-refractivity contribution in [3.8, 4) is 23.3 Å². The van der Waals surface area contributed by atoms with Crippen molar-refractivity contribution >= 4 is 114 Å². The number of carbonyl (C=O) groups is 8. The number of alkyl carbamates (subject to hydrolysis) is 1. The van der Waals surface area contributed by atoms with Crippen LogP contribution in [0.3, 0.4) is 0 Å². The van der Waals surface area contributed by atoms with E-state index in [1.807, 2.05) is 72.7 Å². The lowest BCUT2D eigenvalue weighted by atomic mass is 10.1. The molecule has 6 fully saturated rings. The minimum absolute atomic E-state index is 0. The second-order valence-corrected chi connectivity index (χ2v) is 33.9. The first-order valence-corrected chi connectivity index (χ1v) is 39.4. The van der Waals surface area contributed by atoms with E-state index in [-0.39, 0.29) is 69.5 Å². The van der Waals surface area contributed by atoms with Gasteiger partial charge in [0, 0.05) is 62.1 Å². The molecule has 2 saturated heterocycles. The highest BCUT2D eigenvalue weighted by molar-refractivity contribution is 7.91. The number of amides is 7. The van der Waals surface area contributed by atoms with E-state index in [0.29, 0.717) is 54.9 Å². The predicted molar refractivity (Wildman–Crippen MR) is 414 cm³/mol. The second kappa shape index (κ2) is 36.9. The number of rotatable bonds is 31. The molecule has 0 unspecified atom stereocenters. The molecule has 4 aromatic rings. The summed E-state index contributed by atoms with van der Waals surface area (Å²) in [5, 5.41) is 9.88. The Bertz CT molecular complexity index is 4240. The van der Waals surface area contributed by atoms with Crippen LogP contribution in [0.15, 0.2) is 86.2 Å². The van der Waals surface area contributed by atoms with Crippen molar-refractivity contribution in [1.82, 2.24) is 45.2 Å². The number of ether oxygens (including phenoxy) is 9. The molecule has 110 heavy (non-hydrogen) atoms. The molecule has 4 aliphatic carbocycles. The van der Waals surface area contributed by atoms with Crippen LogP contribution in [0.5, 0.6) is 23.3 Å². The number of methoxy groups -OCH3 is 4. The van der Waals surface area contributed by atoms with Gasteiger partial charge in [0.15, 0.2) is 0 Å². The van der Waals surface area contributed by atoms with Crippen LogP contribution >= 0.6 is 24.8 Å². The standard InChI is InChI=1S/C35H47N5O10S.C29H37N5O8S.C11H22O3.2ClH/c1-8-22-18-35(22,32(43)39-51(45,46)25-11-12-25)38-29(41)27-17-24(49-30-26-13-10-23(48-7)16-21(26)14-15-36-30)19-40(27)31(42)28(20(3)47-6)37-33(44)50-34(4,5)9-2;1-5-18-14-29(18,28(37)33-43(38,39)21-7-8-21)32-25(35)23-13-20(15-34(23)27(36)24(30)16(2)40-3)42-26-22-9-6-19(41-4)12-17(22)10-11-31-26;1-7-10(3,4)13-9(12)14-11(5,6)8-2;;/h8,10,13-16,20,22,24-25,27-28H,1,9,11-12,17-19H2,2-7H3,(H,37,44)(H,38,41)(H,39,43);5-6,9-12,16,18,20-21,23-24H,1,7-8,13-15,30H2,2-4H3,(H,32,35)(H,33,37);7-8H2,1-6H3;2*1H/t20-,22+,24+,27-,28-,35+;16-,18+,20+,23-,24-,29+;;;/m00.../s1. The fourth-order valence-corrected chi connectivity index (χ4v) is 14.9. The average molecular weight is 1620 g/mol. The molecule has 610 valence electrons. The van der Waals surface area contributed by atoms with E-state index in [2.05, 4.69) is 48.5 Å². The Morgan fingerprint density at radius 2 is 0.973 bits per heavy atom. The summed E-state index contributed by atoms with van der Waals surface area (Å²) in [6.45, 7) is 27.4. The highest BCUT2D eigenvalue weighted by atomic mass is 35.5. The van der Waals surface area contributed by atoms with E-state index in [1.165, 1.54) is 36.2 Å². The van der Waals surface area contributed by atoms with Crippen molar-refractivity contribution in [2.24, 2.45) is 17.6 Å². The summed E-state index contributed by atoms with van der Waals surface area (Å²) in [5.41, 5.74) is 1.43. The molecule has 10 rings (SSSR count). The summed E-state index contributed by atoms with van der Waals surface area (Å²) in [6.07, 6.45) is 6.17. The van der Waals surface area contributed by atoms with Crippen molar-refractivity contribution in [3.05, 3.63) is 86.2 Å². The molecule has 12 atom stereocenters. The number of benzene rings is 2. The van der Waals surface area contributed by atoms with Gasteiger partial charge in [0.25, 0.3) is 11.8 Å². The number of fused-ring (bicyclic) bond motifs is 2. The van der Waals surface area contributed by atoms with E-state index < -0.39 is 167 Å². The molecule has 2 aromatic carbocycles. The van der Waals surface area contributed by atoms with Gasteiger partial charge in [0.1, 0.15) is 75.8 Å². The maximum atomic E-state index is 14.4. The van der Waals surface area contributed by atoms with Gasteiger partial charge in [-0.25, -0.2) is 36.4 Å². The lowest BCUT2D eigenvalue weighted by molar-refractivity contribution is -0.143. The molecule has 0 spiro atoms. The average Bonchev–Trinajstić information content (AvgIpc) is 1.57. The van der Waals surface area contributed by atoms with E-state index in [1.54, 1.807) is 78.6 Å². The second-order valence-electron chi connectivity index (χ2n) is 29.9. The van der Waals surface area contributed by atoms with Gasteiger partial charge in [-0.1, -0.05) is 32.9 Å². The zero-order valence-electron chi connectivity index (χ0n) is 65.0. The molecule has 2 aliphatic heterocycles. The van der Waals surface area contributed by atoms with Crippen LogP contribution in [-0.4, -0.2) is 213 Å². The Morgan fingerprint density at radius 1 is 0.591 bits per heavy atom. The fourth-order valence-electron chi connectivity index (χ4n) is 12.1. The van der Waals surface area contributed by atoms with Gasteiger partial charge in [-0.2, -0.15) is 0 Å². The smallest absolute Gasteiger partial charge is 0.497 e. The normalized spacial score (nSPS) is 23.1. The van der Waals surface area contributed by atoms with Crippen LogP contribution in [0.1, 0.15) is 147 Å².